The SMILES string of the molecule is CCNC(=NCc1ccc(Oc2ccc(OC)cc2)nc1)NCc1nnc2ccccn12. The third kappa shape index (κ3) is 5.31. The third-order valence-corrected chi connectivity index (χ3v) is 4.64. The number of benzene rings is 1. The molecule has 1 aromatic carbocycles. The van der Waals surface area contributed by atoms with Gasteiger partial charge in [-0.25, -0.2) is 9.98 Å². The highest BCUT2D eigenvalue weighted by Gasteiger charge is 2.06. The molecule has 0 aliphatic heterocycles. The minimum absolute atomic E-state index is 0.478. The molecule has 0 saturated carbocycles. The molecule has 0 aliphatic rings. The molecular weight excluding hydrogens is 406 g/mol. The van der Waals surface area contributed by atoms with E-state index in [-0.39, 0.29) is 0 Å². The van der Waals surface area contributed by atoms with Gasteiger partial charge in [0.05, 0.1) is 20.2 Å². The van der Waals surface area contributed by atoms with E-state index in [9.17, 15) is 0 Å². The van der Waals surface area contributed by atoms with Crippen molar-refractivity contribution < 1.29 is 9.47 Å². The van der Waals surface area contributed by atoms with Crippen molar-refractivity contribution in [2.75, 3.05) is 13.7 Å². The molecule has 0 amide bonds. The van der Waals surface area contributed by atoms with Crippen LogP contribution in [-0.2, 0) is 13.1 Å². The van der Waals surface area contributed by atoms with Crippen LogP contribution in [0.1, 0.15) is 18.3 Å². The number of hydrogen-bond donors (Lipinski definition) is 2. The van der Waals surface area contributed by atoms with Gasteiger partial charge in [-0.15, -0.1) is 10.2 Å². The van der Waals surface area contributed by atoms with Gasteiger partial charge in [0.25, 0.3) is 0 Å². The minimum atomic E-state index is 0.478. The molecule has 9 nitrogen and oxygen atoms in total. The minimum Gasteiger partial charge on any atom is -0.497 e. The molecule has 3 aromatic heterocycles. The van der Waals surface area contributed by atoms with Crippen LogP contribution in [0.5, 0.6) is 17.4 Å². The van der Waals surface area contributed by atoms with Gasteiger partial charge in [-0.2, -0.15) is 0 Å². The molecule has 0 saturated heterocycles. The quantitative estimate of drug-likeness (QED) is 0.327. The highest BCUT2D eigenvalue weighted by atomic mass is 16.5. The molecule has 0 radical (unpaired) electrons. The number of rotatable bonds is 8. The van der Waals surface area contributed by atoms with Crippen molar-refractivity contribution in [2.24, 2.45) is 4.99 Å². The lowest BCUT2D eigenvalue weighted by Crippen LogP contribution is -2.37. The molecule has 2 N–H and O–H groups in total. The van der Waals surface area contributed by atoms with Crippen molar-refractivity contribution in [3.05, 3.63) is 78.4 Å². The molecule has 4 rings (SSSR count). The van der Waals surface area contributed by atoms with Gasteiger partial charge in [0.15, 0.2) is 17.4 Å². The molecule has 0 atom stereocenters. The van der Waals surface area contributed by atoms with Crippen LogP contribution in [-0.4, -0.2) is 39.2 Å². The van der Waals surface area contributed by atoms with E-state index in [1.165, 1.54) is 0 Å². The second-order valence-electron chi connectivity index (χ2n) is 6.88. The molecule has 0 aliphatic carbocycles. The molecule has 0 spiro atoms. The van der Waals surface area contributed by atoms with Crippen molar-refractivity contribution in [1.82, 2.24) is 30.2 Å². The zero-order valence-electron chi connectivity index (χ0n) is 18.0. The first kappa shape index (κ1) is 21.1. The normalized spacial score (nSPS) is 11.4. The average molecular weight is 432 g/mol. The largest absolute Gasteiger partial charge is 0.497 e. The maximum atomic E-state index is 5.77. The van der Waals surface area contributed by atoms with Gasteiger partial charge in [-0.05, 0) is 48.9 Å². The fraction of sp³-hybridized carbons (Fsp3) is 0.217. The number of methoxy groups -OCH3 is 1. The highest BCUT2D eigenvalue weighted by molar-refractivity contribution is 5.79. The summed E-state index contributed by atoms with van der Waals surface area (Å²) in [6, 6.07) is 17.0. The molecule has 0 fully saturated rings. The maximum absolute atomic E-state index is 5.77. The van der Waals surface area contributed by atoms with E-state index >= 15 is 0 Å². The number of fused-ring (bicyclic) bond motifs is 1. The Morgan fingerprint density at radius 3 is 2.59 bits per heavy atom. The highest BCUT2D eigenvalue weighted by Crippen LogP contribution is 2.22. The van der Waals surface area contributed by atoms with Crippen LogP contribution in [0.3, 0.4) is 0 Å². The summed E-state index contributed by atoms with van der Waals surface area (Å²) in [5.74, 6) is 3.50. The molecule has 0 unspecified atom stereocenters. The van der Waals surface area contributed by atoms with E-state index in [1.807, 2.05) is 72.1 Å². The van der Waals surface area contributed by atoms with Crippen LogP contribution in [0, 0.1) is 0 Å². The Hall–Kier alpha value is -4.14. The van der Waals surface area contributed by atoms with E-state index in [0.29, 0.717) is 30.7 Å². The summed E-state index contributed by atoms with van der Waals surface area (Å²) >= 11 is 0. The van der Waals surface area contributed by atoms with Gasteiger partial charge in [-0.1, -0.05) is 12.1 Å². The number of ether oxygens (including phenoxy) is 2. The fourth-order valence-corrected chi connectivity index (χ4v) is 3.02. The summed E-state index contributed by atoms with van der Waals surface area (Å²) in [6.07, 6.45) is 3.70. The second-order valence-corrected chi connectivity index (χ2v) is 6.88. The van der Waals surface area contributed by atoms with Gasteiger partial charge < -0.3 is 20.1 Å². The summed E-state index contributed by atoms with van der Waals surface area (Å²) in [7, 11) is 1.63. The molecule has 4 aromatic rings. The lowest BCUT2D eigenvalue weighted by molar-refractivity contribution is 0.412. The average Bonchev–Trinajstić information content (AvgIpc) is 3.25. The van der Waals surface area contributed by atoms with E-state index in [4.69, 9.17) is 9.47 Å². The maximum Gasteiger partial charge on any atom is 0.219 e. The Kier molecular flexibility index (Phi) is 6.76. The summed E-state index contributed by atoms with van der Waals surface area (Å²) in [6.45, 7) is 3.76. The lowest BCUT2D eigenvalue weighted by Gasteiger charge is -2.10. The third-order valence-electron chi connectivity index (χ3n) is 4.64. The summed E-state index contributed by atoms with van der Waals surface area (Å²) < 4.78 is 12.9. The Morgan fingerprint density at radius 2 is 1.84 bits per heavy atom. The van der Waals surface area contributed by atoms with Crippen LogP contribution in [0.4, 0.5) is 0 Å². The molecule has 9 heteroatoms. The number of nitrogens with one attached hydrogen (secondary N) is 2. The van der Waals surface area contributed by atoms with Gasteiger partial charge in [0.1, 0.15) is 11.5 Å². The first-order valence-corrected chi connectivity index (χ1v) is 10.3. The molecule has 0 bridgehead atoms. The molecular formula is C23H25N7O2. The first-order chi connectivity index (χ1) is 15.7. The summed E-state index contributed by atoms with van der Waals surface area (Å²) in [5, 5.41) is 14.9. The van der Waals surface area contributed by atoms with Crippen LogP contribution >= 0.6 is 0 Å². The van der Waals surface area contributed by atoms with E-state index in [1.54, 1.807) is 13.3 Å². The van der Waals surface area contributed by atoms with E-state index in [0.717, 1.165) is 29.3 Å². The van der Waals surface area contributed by atoms with Crippen molar-refractivity contribution in [1.29, 1.82) is 0 Å². The van der Waals surface area contributed by atoms with Crippen molar-refractivity contribution >= 4 is 11.6 Å². The number of aromatic nitrogens is 4. The number of aliphatic imine (C=N–C) groups is 1. The molecule has 164 valence electrons. The van der Waals surface area contributed by atoms with Gasteiger partial charge in [0, 0.05) is 25.0 Å². The predicted molar refractivity (Wildman–Crippen MR) is 122 cm³/mol. The number of nitrogens with zero attached hydrogens (tertiary/aromatic N) is 5. The standard InChI is InChI=1S/C23H25N7O2/c1-3-24-23(27-16-21-29-28-20-6-4-5-13-30(20)21)26-15-17-7-12-22(25-14-17)32-19-10-8-18(31-2)9-11-19/h4-14H,3,15-16H2,1-2H3,(H2,24,26,27). The van der Waals surface area contributed by atoms with Gasteiger partial charge in [0.2, 0.25) is 5.88 Å². The molecule has 32 heavy (non-hydrogen) atoms. The van der Waals surface area contributed by atoms with E-state index < -0.39 is 0 Å². The summed E-state index contributed by atoms with van der Waals surface area (Å²) in [5.41, 5.74) is 1.78. The van der Waals surface area contributed by atoms with Crippen LogP contribution in [0.2, 0.25) is 0 Å². The van der Waals surface area contributed by atoms with Gasteiger partial charge >= 0.3 is 0 Å². The van der Waals surface area contributed by atoms with Crippen molar-refractivity contribution in [2.45, 2.75) is 20.0 Å². The zero-order valence-corrected chi connectivity index (χ0v) is 18.0. The van der Waals surface area contributed by atoms with Gasteiger partial charge in [-0.3, -0.25) is 4.40 Å². The summed E-state index contributed by atoms with van der Waals surface area (Å²) in [4.78, 5) is 9.01. The van der Waals surface area contributed by atoms with E-state index in [2.05, 4.69) is 30.8 Å². The Morgan fingerprint density at radius 1 is 1.00 bits per heavy atom. The number of hydrogen-bond acceptors (Lipinski definition) is 6. The first-order valence-electron chi connectivity index (χ1n) is 10.3. The predicted octanol–water partition coefficient (Wildman–Crippen LogP) is 3.18. The smallest absolute Gasteiger partial charge is 0.219 e. The topological polar surface area (TPSA) is 98.0 Å². The lowest BCUT2D eigenvalue weighted by atomic mass is 10.3. The second kappa shape index (κ2) is 10.3. The van der Waals surface area contributed by atoms with Crippen LogP contribution < -0.4 is 20.1 Å². The number of guanidine groups is 1. The van der Waals surface area contributed by atoms with Crippen molar-refractivity contribution in [3.8, 4) is 17.4 Å². The number of pyridine rings is 2. The van der Waals surface area contributed by atoms with Crippen LogP contribution in [0.15, 0.2) is 72.0 Å². The zero-order chi connectivity index (χ0) is 22.2. The Labute approximate surface area is 186 Å². The fourth-order valence-electron chi connectivity index (χ4n) is 3.02. The Bertz CT molecular complexity index is 1170. The Balaban J connectivity index is 1.36. The molecule has 3 heterocycles. The monoisotopic (exact) mass is 431 g/mol. The van der Waals surface area contributed by atoms with Crippen LogP contribution in [0.25, 0.3) is 5.65 Å². The van der Waals surface area contributed by atoms with Crippen molar-refractivity contribution in [3.63, 3.8) is 0 Å².